The van der Waals surface area contributed by atoms with Crippen molar-refractivity contribution in [2.24, 2.45) is 0 Å². The molecule has 6 aromatic rings. The predicted octanol–water partition coefficient (Wildman–Crippen LogP) is 0.721. The van der Waals surface area contributed by atoms with E-state index in [9.17, 15) is 0 Å². The fourth-order valence-electron chi connectivity index (χ4n) is 8.00. The van der Waals surface area contributed by atoms with Crippen LogP contribution in [0.1, 0.15) is 38.8 Å². The molecular weight excluding hydrogens is 707 g/mol. The minimum atomic E-state index is 0.778. The molecule has 0 radical (unpaired) electrons. The molecule has 0 saturated carbocycles. The van der Waals surface area contributed by atoms with Crippen LogP contribution in [-0.4, -0.2) is 108 Å². The van der Waals surface area contributed by atoms with E-state index >= 15 is 0 Å². The van der Waals surface area contributed by atoms with Crippen molar-refractivity contribution in [3.05, 3.63) is 191 Å². The summed E-state index contributed by atoms with van der Waals surface area (Å²) in [6.45, 7) is 8.56. The Labute approximate surface area is 368 Å². The van der Waals surface area contributed by atoms with Crippen LogP contribution in [0, 0.1) is 0 Å². The van der Waals surface area contributed by atoms with Gasteiger partial charge >= 0.3 is 370 Å². The minimum absolute atomic E-state index is 0.778. The van der Waals surface area contributed by atoms with Gasteiger partial charge in [-0.15, -0.1) is 0 Å². The van der Waals surface area contributed by atoms with Crippen molar-refractivity contribution in [2.45, 2.75) is 27.7 Å². The van der Waals surface area contributed by atoms with Crippen LogP contribution < -0.4 is 21.9 Å². The summed E-state index contributed by atoms with van der Waals surface area (Å²) in [5.74, 6) is 0. The molecule has 0 aliphatic rings. The second-order valence-corrected chi connectivity index (χ2v) is 16.3. The fraction of sp³-hybridized carbons (Fsp3) is 0.0816. The Morgan fingerprint density at radius 1 is 0.450 bits per heavy atom. The van der Waals surface area contributed by atoms with Crippen molar-refractivity contribution in [3.8, 4) is 0 Å². The topological polar surface area (TPSA) is 0 Å². The van der Waals surface area contributed by atoms with Gasteiger partial charge in [-0.1, -0.05) is 0 Å². The average Bonchev–Trinajstić information content (AvgIpc) is 3.26. The molecule has 60 heavy (non-hydrogen) atoms. The third-order valence-electron chi connectivity index (χ3n) is 11.6. The Morgan fingerprint density at radius 3 is 1.47 bits per heavy atom. The molecule has 0 spiro atoms. The number of benzene rings is 6. The molecule has 0 aliphatic heterocycles. The molecule has 0 N–H and O–H groups in total. The summed E-state index contributed by atoms with van der Waals surface area (Å²) < 4.78 is 0. The van der Waals surface area contributed by atoms with E-state index in [1.807, 2.05) is 0 Å². The molecule has 0 aliphatic carbocycles. The molecule has 0 fully saturated rings. The molecule has 0 heterocycles. The number of hydrogen-bond donors (Lipinski definition) is 0. The van der Waals surface area contributed by atoms with Crippen LogP contribution in [0.5, 0.6) is 0 Å². The van der Waals surface area contributed by atoms with Gasteiger partial charge in [0.05, 0.1) is 0 Å². The zero-order valence-electron chi connectivity index (χ0n) is 36.3. The van der Waals surface area contributed by atoms with Crippen LogP contribution in [-0.2, 0) is 0 Å². The summed E-state index contributed by atoms with van der Waals surface area (Å²) in [6.07, 6.45) is 8.94. The van der Waals surface area contributed by atoms with Gasteiger partial charge < -0.3 is 0 Å². The first-order valence-electron chi connectivity index (χ1n) is 21.2. The summed E-state index contributed by atoms with van der Waals surface area (Å²) in [5.41, 5.74) is 12.3. The van der Waals surface area contributed by atoms with Gasteiger partial charge in [0.15, 0.2) is 0 Å². The summed E-state index contributed by atoms with van der Waals surface area (Å²) in [6, 6.07) is 47.8. The van der Waals surface area contributed by atoms with Crippen molar-refractivity contribution >= 4 is 151 Å². The van der Waals surface area contributed by atoms with Crippen molar-refractivity contribution in [1.82, 2.24) is 0 Å². The van der Waals surface area contributed by atoms with Gasteiger partial charge in [-0.25, -0.2) is 0 Å². The molecule has 6 aromatic carbocycles. The van der Waals surface area contributed by atoms with E-state index in [1.54, 1.807) is 0 Å². The molecule has 0 nitrogen and oxygen atoms in total. The van der Waals surface area contributed by atoms with Crippen molar-refractivity contribution < 1.29 is 0 Å². The van der Waals surface area contributed by atoms with Gasteiger partial charge in [-0.05, 0) is 0 Å². The predicted molar refractivity (Wildman–Crippen MR) is 296 cm³/mol. The summed E-state index contributed by atoms with van der Waals surface area (Å²) in [4.78, 5) is 0. The third kappa shape index (κ3) is 12.0. The van der Waals surface area contributed by atoms with Crippen LogP contribution >= 0.6 is 0 Å². The number of hydrogen-bond acceptors (Lipinski definition) is 0. The van der Waals surface area contributed by atoms with Crippen molar-refractivity contribution in [1.29, 1.82) is 0 Å². The summed E-state index contributed by atoms with van der Waals surface area (Å²) in [5, 5.41) is 10.8. The van der Waals surface area contributed by atoms with Crippen LogP contribution in [0.4, 0.5) is 0 Å². The molecule has 0 bridgehead atoms. The monoisotopic (exact) mass is 758 g/mol. The summed E-state index contributed by atoms with van der Waals surface area (Å²) >= 11 is 0. The Morgan fingerprint density at radius 2 is 0.900 bits per heavy atom. The quantitative estimate of drug-likeness (QED) is 0.0898. The second kappa shape index (κ2) is 21.4. The number of allylic oxidation sites excluding steroid dienone is 8. The summed E-state index contributed by atoms with van der Waals surface area (Å²) in [7, 11) is 27.3. The van der Waals surface area contributed by atoms with Crippen molar-refractivity contribution in [3.63, 3.8) is 0 Å². The molecule has 0 aromatic heterocycles. The Balaban J connectivity index is 1.02. The second-order valence-electron chi connectivity index (χ2n) is 16.3. The Bertz CT molecular complexity index is 2740. The first kappa shape index (κ1) is 44.4. The van der Waals surface area contributed by atoms with Gasteiger partial charge in [-0.3, -0.25) is 0 Å². The molecule has 0 unspecified atom stereocenters. The maximum atomic E-state index is 4.52. The standard InChI is InChI=1S/C49H49B11/c1-5-37(27-32(4)46(51)59-43-25-13-17-33-15-7-9-23-41(33)43)55-47(52)35-19-12-22-40(30-35)58-49(54)57-38(6-2)28-31(3)45(50)56-39-21-11-20-36(29-39)48(53)60-44-26-14-18-34-16-8-10-24-42(34)44/h5-30,50-60H,1-4H3/b31-28+,32-27+,37-5+,38-6+. The Hall–Kier alpha value is -5.14. The van der Waals surface area contributed by atoms with Crippen molar-refractivity contribution in [2.75, 3.05) is 0 Å². The third-order valence-corrected chi connectivity index (χ3v) is 11.6. The first-order chi connectivity index (χ1) is 29.0. The van der Waals surface area contributed by atoms with Gasteiger partial charge in [0.1, 0.15) is 0 Å². The molecule has 0 atom stereocenters. The average molecular weight is 757 g/mol. The Kier molecular flexibility index (Phi) is 15.8. The van der Waals surface area contributed by atoms with Crippen LogP contribution in [0.3, 0.4) is 0 Å². The van der Waals surface area contributed by atoms with E-state index in [0.717, 1.165) is 65.1 Å². The van der Waals surface area contributed by atoms with Crippen LogP contribution in [0.15, 0.2) is 180 Å². The SMILES string of the molecule is B=C(BC(=C/C)/C=C(\C)C(=B)Bc1cccc(C(=B)Bc2cccc3ccccc23)c1)Bc1cccc(C(=B)BC(=C/C)/C=C(\C)C(=B)Bc2cccc3ccccc23)c1. The van der Waals surface area contributed by atoms with E-state index in [0.29, 0.717) is 0 Å². The van der Waals surface area contributed by atoms with E-state index in [2.05, 4.69) is 223 Å². The van der Waals surface area contributed by atoms with Crippen LogP contribution in [0.2, 0.25) is 0 Å². The van der Waals surface area contributed by atoms with Gasteiger partial charge in [0, 0.05) is 0 Å². The molecule has 0 amide bonds. The molecule has 278 valence electrons. The molecular formula is C49H49B11. The van der Waals surface area contributed by atoms with E-state index in [-0.39, 0.29) is 0 Å². The zero-order valence-corrected chi connectivity index (χ0v) is 36.3. The van der Waals surface area contributed by atoms with E-state index in [1.165, 1.54) is 81.9 Å². The van der Waals surface area contributed by atoms with Gasteiger partial charge in [-0.2, -0.15) is 0 Å². The van der Waals surface area contributed by atoms with E-state index < -0.39 is 0 Å². The molecule has 6 rings (SSSR count). The number of rotatable bonds is 18. The van der Waals surface area contributed by atoms with Gasteiger partial charge in [0.25, 0.3) is 0 Å². The first-order valence-corrected chi connectivity index (χ1v) is 21.2. The van der Waals surface area contributed by atoms with Gasteiger partial charge in [0.2, 0.25) is 0 Å². The van der Waals surface area contributed by atoms with E-state index in [4.69, 9.17) is 0 Å². The maximum absolute atomic E-state index is 4.52. The van der Waals surface area contributed by atoms with Crippen LogP contribution in [0.25, 0.3) is 21.5 Å². The molecule has 11 heteroatoms. The molecule has 0 saturated heterocycles. The zero-order chi connectivity index (χ0) is 42.6. The normalized spacial score (nSPS) is 12.0. The fourth-order valence-corrected chi connectivity index (χ4v) is 8.00. The number of fused-ring (bicyclic) bond motifs is 2.